The van der Waals surface area contributed by atoms with Crippen LogP contribution in [0, 0.1) is 12.7 Å². The minimum absolute atomic E-state index is 0.134. The number of amides is 1. The Morgan fingerprint density at radius 1 is 1.29 bits per heavy atom. The van der Waals surface area contributed by atoms with E-state index >= 15 is 0 Å². The molecule has 1 aromatic heterocycles. The summed E-state index contributed by atoms with van der Waals surface area (Å²) < 4.78 is 15.0. The van der Waals surface area contributed by atoms with Crippen molar-refractivity contribution in [1.82, 2.24) is 15.5 Å². The lowest BCUT2D eigenvalue weighted by Gasteiger charge is -2.07. The summed E-state index contributed by atoms with van der Waals surface area (Å²) in [6.45, 7) is 1.81. The molecule has 0 bridgehead atoms. The molecule has 3 rings (SSSR count). The fourth-order valence-corrected chi connectivity index (χ4v) is 2.79. The number of carbonyl (C=O) groups excluding carboxylic acids is 1. The van der Waals surface area contributed by atoms with Gasteiger partial charge >= 0.3 is 5.16 Å². The summed E-state index contributed by atoms with van der Waals surface area (Å²) in [6.07, 6.45) is 0. The monoisotopic (exact) mass is 344 g/mol. The second kappa shape index (κ2) is 7.22. The molecule has 1 heterocycles. The number of halogens is 1. The van der Waals surface area contributed by atoms with Crippen LogP contribution in [0.4, 0.5) is 10.1 Å². The van der Waals surface area contributed by atoms with Crippen molar-refractivity contribution < 1.29 is 13.9 Å². The van der Waals surface area contributed by atoms with Gasteiger partial charge in [0.05, 0.1) is 5.75 Å². The second-order valence-electron chi connectivity index (χ2n) is 5.05. The first kappa shape index (κ1) is 16.1. The van der Waals surface area contributed by atoms with Crippen molar-refractivity contribution in [2.24, 2.45) is 0 Å². The van der Waals surface area contributed by atoms with Crippen LogP contribution in [-0.4, -0.2) is 27.2 Å². The Balaban J connectivity index is 1.65. The number of nitrogens with one attached hydrogen (secondary N) is 2. The number of anilines is 1. The highest BCUT2D eigenvalue weighted by Crippen LogP contribution is 2.17. The average Bonchev–Trinajstić information content (AvgIpc) is 3.06. The van der Waals surface area contributed by atoms with Gasteiger partial charge in [0.2, 0.25) is 5.91 Å². The van der Waals surface area contributed by atoms with Crippen molar-refractivity contribution in [2.75, 3.05) is 11.1 Å². The number of thioether (sulfide) groups is 1. The van der Waals surface area contributed by atoms with E-state index in [0.717, 1.165) is 11.3 Å². The Bertz CT molecular complexity index is 853. The Labute approximate surface area is 142 Å². The summed E-state index contributed by atoms with van der Waals surface area (Å²) in [5.41, 5.74) is 2.14. The zero-order valence-corrected chi connectivity index (χ0v) is 13.7. The van der Waals surface area contributed by atoms with Gasteiger partial charge in [-0.15, -0.1) is 4.68 Å². The third kappa shape index (κ3) is 3.77. The van der Waals surface area contributed by atoms with Crippen LogP contribution in [0.1, 0.15) is 5.56 Å². The van der Waals surface area contributed by atoms with Crippen molar-refractivity contribution in [3.8, 4) is 5.69 Å². The Morgan fingerprint density at radius 2 is 2.08 bits per heavy atom. The van der Waals surface area contributed by atoms with E-state index in [1.54, 1.807) is 10.7 Å². The molecule has 0 saturated carbocycles. The van der Waals surface area contributed by atoms with E-state index in [4.69, 9.17) is 0 Å². The van der Waals surface area contributed by atoms with Gasteiger partial charge in [0.25, 0.3) is 0 Å². The van der Waals surface area contributed by atoms with Crippen molar-refractivity contribution in [1.29, 1.82) is 0 Å². The van der Waals surface area contributed by atoms with Crippen LogP contribution in [0.25, 0.3) is 5.69 Å². The minimum Gasteiger partial charge on any atom is -0.325 e. The van der Waals surface area contributed by atoms with Gasteiger partial charge < -0.3 is 5.32 Å². The van der Waals surface area contributed by atoms with E-state index in [-0.39, 0.29) is 17.5 Å². The third-order valence-electron chi connectivity index (χ3n) is 3.29. The maximum absolute atomic E-state index is 13.3. The summed E-state index contributed by atoms with van der Waals surface area (Å²) in [4.78, 5) is 12.1. The predicted molar refractivity (Wildman–Crippen MR) is 88.4 cm³/mol. The first-order valence-corrected chi connectivity index (χ1v) is 8.19. The molecule has 0 aliphatic heterocycles. The lowest BCUT2D eigenvalue weighted by molar-refractivity contribution is -0.697. The molecule has 0 atom stereocenters. The predicted octanol–water partition coefficient (Wildman–Crippen LogP) is 2.26. The molecule has 6 nitrogen and oxygen atoms in total. The molecule has 0 aliphatic rings. The molecule has 2 N–H and O–H groups in total. The minimum atomic E-state index is -0.387. The van der Waals surface area contributed by atoms with Gasteiger partial charge in [-0.1, -0.05) is 29.5 Å². The average molecular weight is 344 g/mol. The van der Waals surface area contributed by atoms with Crippen LogP contribution in [0.5, 0.6) is 0 Å². The SMILES string of the molecule is Cc1ccc(F)cc1NC(=O)CSc1nn[nH][n+]1-c1ccccc1. The van der Waals surface area contributed by atoms with Crippen molar-refractivity contribution in [3.63, 3.8) is 0 Å². The number of aromatic nitrogens is 4. The molecule has 3 aromatic rings. The molecule has 0 saturated heterocycles. The van der Waals surface area contributed by atoms with Gasteiger partial charge in [-0.05, 0) is 48.5 Å². The highest BCUT2D eigenvalue weighted by atomic mass is 32.2. The lowest BCUT2D eigenvalue weighted by atomic mass is 10.2. The van der Waals surface area contributed by atoms with Gasteiger partial charge in [0.15, 0.2) is 5.21 Å². The number of aryl methyl sites for hydroxylation is 1. The summed E-state index contributed by atoms with van der Waals surface area (Å²) in [5, 5.41) is 13.8. The van der Waals surface area contributed by atoms with Crippen LogP contribution < -0.4 is 10.00 Å². The third-order valence-corrected chi connectivity index (χ3v) is 4.22. The Kier molecular flexibility index (Phi) is 4.85. The van der Waals surface area contributed by atoms with E-state index in [0.29, 0.717) is 10.8 Å². The quantitative estimate of drug-likeness (QED) is 0.550. The number of benzene rings is 2. The molecule has 122 valence electrons. The molecular formula is C16H15FN5OS+. The van der Waals surface area contributed by atoms with Crippen molar-refractivity contribution >= 4 is 23.4 Å². The van der Waals surface area contributed by atoms with Crippen LogP contribution in [0.2, 0.25) is 0 Å². The maximum Gasteiger partial charge on any atom is 0.365 e. The van der Waals surface area contributed by atoms with E-state index in [2.05, 4.69) is 20.8 Å². The van der Waals surface area contributed by atoms with Crippen LogP contribution in [-0.2, 0) is 4.79 Å². The molecule has 0 fully saturated rings. The summed E-state index contributed by atoms with van der Waals surface area (Å²) in [7, 11) is 0. The van der Waals surface area contributed by atoms with Gasteiger partial charge in [-0.2, -0.15) is 0 Å². The van der Waals surface area contributed by atoms with Gasteiger partial charge in [0.1, 0.15) is 16.6 Å². The molecule has 0 radical (unpaired) electrons. The van der Waals surface area contributed by atoms with E-state index in [1.165, 1.54) is 23.9 Å². The smallest absolute Gasteiger partial charge is 0.325 e. The second-order valence-corrected chi connectivity index (χ2v) is 5.99. The van der Waals surface area contributed by atoms with Gasteiger partial charge in [-0.25, -0.2) is 4.39 Å². The van der Waals surface area contributed by atoms with Crippen molar-refractivity contribution in [3.05, 3.63) is 59.9 Å². The highest BCUT2D eigenvalue weighted by Gasteiger charge is 2.18. The molecule has 1 amide bonds. The van der Waals surface area contributed by atoms with Crippen LogP contribution >= 0.6 is 11.8 Å². The van der Waals surface area contributed by atoms with Gasteiger partial charge in [0, 0.05) is 5.69 Å². The maximum atomic E-state index is 13.3. The number of tetrazole rings is 1. The number of rotatable bonds is 5. The number of carbonyl (C=O) groups is 1. The highest BCUT2D eigenvalue weighted by molar-refractivity contribution is 7.99. The number of nitrogens with zero attached hydrogens (tertiary/aromatic N) is 3. The fraction of sp³-hybridized carbons (Fsp3) is 0.125. The normalized spacial score (nSPS) is 10.6. The molecule has 24 heavy (non-hydrogen) atoms. The number of aromatic amines is 1. The summed E-state index contributed by atoms with van der Waals surface area (Å²) >= 11 is 1.24. The lowest BCUT2D eigenvalue weighted by Crippen LogP contribution is -2.35. The zero-order valence-electron chi connectivity index (χ0n) is 12.9. The first-order valence-electron chi connectivity index (χ1n) is 7.21. The van der Waals surface area contributed by atoms with E-state index in [1.807, 2.05) is 37.3 Å². The molecular weight excluding hydrogens is 329 g/mol. The summed E-state index contributed by atoms with van der Waals surface area (Å²) in [6, 6.07) is 13.8. The Hall–Kier alpha value is -2.74. The molecule has 8 heteroatoms. The summed E-state index contributed by atoms with van der Waals surface area (Å²) in [5.74, 6) is -0.492. The largest absolute Gasteiger partial charge is 0.365 e. The number of hydrogen-bond acceptors (Lipinski definition) is 4. The topological polar surface area (TPSA) is 74.5 Å². The van der Waals surface area contributed by atoms with Crippen LogP contribution in [0.3, 0.4) is 0 Å². The zero-order chi connectivity index (χ0) is 16.9. The molecule has 0 unspecified atom stereocenters. The number of hydrogen-bond donors (Lipinski definition) is 2. The molecule has 0 spiro atoms. The Morgan fingerprint density at radius 3 is 2.88 bits per heavy atom. The van der Waals surface area contributed by atoms with Crippen molar-refractivity contribution in [2.45, 2.75) is 12.1 Å². The van der Waals surface area contributed by atoms with Crippen LogP contribution in [0.15, 0.2) is 53.7 Å². The molecule has 0 aliphatic carbocycles. The number of para-hydroxylation sites is 1. The number of H-pyrrole nitrogens is 1. The standard InChI is InChI=1S/C16H14FN5OS/c1-11-7-8-12(17)9-14(11)18-15(23)10-24-16-19-20-21-22(16)13-5-3-2-4-6-13/h2-9H,10H2,1H3,(H,18,23)/p+1. The fourth-order valence-electron chi connectivity index (χ4n) is 2.08. The first-order chi connectivity index (χ1) is 11.6. The van der Waals surface area contributed by atoms with Gasteiger partial charge in [-0.3, -0.25) is 4.79 Å². The van der Waals surface area contributed by atoms with E-state index < -0.39 is 0 Å². The van der Waals surface area contributed by atoms with E-state index in [9.17, 15) is 9.18 Å². The molecule has 2 aromatic carbocycles.